The van der Waals surface area contributed by atoms with E-state index in [-0.39, 0.29) is 0 Å². The highest BCUT2D eigenvalue weighted by molar-refractivity contribution is 7.98. The third kappa shape index (κ3) is 3.03. The van der Waals surface area contributed by atoms with Gasteiger partial charge in [-0.25, -0.2) is 0 Å². The van der Waals surface area contributed by atoms with E-state index in [4.69, 9.17) is 5.26 Å². The van der Waals surface area contributed by atoms with Crippen LogP contribution in [0.4, 0.5) is 0 Å². The molecule has 0 aliphatic heterocycles. The van der Waals surface area contributed by atoms with Gasteiger partial charge in [-0.15, -0.1) is 0 Å². The molecule has 88 valence electrons. The lowest BCUT2D eigenvalue weighted by atomic mass is 10.2. The first kappa shape index (κ1) is 13.1. The van der Waals surface area contributed by atoms with Gasteiger partial charge in [0.05, 0.1) is 0 Å². The fraction of sp³-hybridized carbons (Fsp3) is 0.583. The molecule has 0 saturated heterocycles. The van der Waals surface area contributed by atoms with Crippen molar-refractivity contribution in [3.63, 3.8) is 0 Å². The van der Waals surface area contributed by atoms with Gasteiger partial charge in [0, 0.05) is 31.1 Å². The Morgan fingerprint density at radius 2 is 2.31 bits per heavy atom. The van der Waals surface area contributed by atoms with Gasteiger partial charge >= 0.3 is 0 Å². The maximum atomic E-state index is 8.92. The summed E-state index contributed by atoms with van der Waals surface area (Å²) in [5.41, 5.74) is 3.11. The molecule has 0 aliphatic carbocycles. The predicted octanol–water partition coefficient (Wildman–Crippen LogP) is 2.05. The van der Waals surface area contributed by atoms with E-state index in [1.807, 2.05) is 29.4 Å². The molecule has 0 bridgehead atoms. The Morgan fingerprint density at radius 1 is 1.62 bits per heavy atom. The summed E-state index contributed by atoms with van der Waals surface area (Å²) in [7, 11) is 1.93. The summed E-state index contributed by atoms with van der Waals surface area (Å²) in [4.78, 5) is 0. The van der Waals surface area contributed by atoms with Gasteiger partial charge in [0.2, 0.25) is 0 Å². The molecule has 0 amide bonds. The van der Waals surface area contributed by atoms with Crippen molar-refractivity contribution < 1.29 is 0 Å². The highest BCUT2D eigenvalue weighted by atomic mass is 32.2. The average molecular weight is 237 g/mol. The van der Waals surface area contributed by atoms with E-state index in [9.17, 15) is 0 Å². The van der Waals surface area contributed by atoms with Crippen LogP contribution in [-0.2, 0) is 13.6 Å². The quantitative estimate of drug-likeness (QED) is 0.852. The van der Waals surface area contributed by atoms with Gasteiger partial charge in [0.25, 0.3) is 0 Å². The zero-order valence-electron chi connectivity index (χ0n) is 10.4. The van der Waals surface area contributed by atoms with Gasteiger partial charge in [0.1, 0.15) is 11.8 Å². The summed E-state index contributed by atoms with van der Waals surface area (Å²) < 4.78 is 1.94. The summed E-state index contributed by atoms with van der Waals surface area (Å²) in [6, 6.07) is 4.67. The molecule has 1 heterocycles. The minimum absolute atomic E-state index is 0.500. The fourth-order valence-corrected chi connectivity index (χ4v) is 2.26. The van der Waals surface area contributed by atoms with Crippen molar-refractivity contribution in [1.29, 1.82) is 5.26 Å². The van der Waals surface area contributed by atoms with Gasteiger partial charge in [-0.3, -0.25) is 0 Å². The van der Waals surface area contributed by atoms with Crippen LogP contribution in [0.5, 0.6) is 0 Å². The molecule has 1 aromatic rings. The van der Waals surface area contributed by atoms with Crippen LogP contribution in [0.3, 0.4) is 0 Å². The van der Waals surface area contributed by atoms with E-state index in [0.717, 1.165) is 18.0 Å². The second-order valence-electron chi connectivity index (χ2n) is 4.05. The highest BCUT2D eigenvalue weighted by Gasteiger charge is 2.09. The summed E-state index contributed by atoms with van der Waals surface area (Å²) in [6.45, 7) is 5.07. The Morgan fingerprint density at radius 3 is 2.81 bits per heavy atom. The van der Waals surface area contributed by atoms with E-state index >= 15 is 0 Å². The lowest BCUT2D eigenvalue weighted by molar-refractivity contribution is 0.594. The van der Waals surface area contributed by atoms with Crippen molar-refractivity contribution in [2.24, 2.45) is 7.05 Å². The van der Waals surface area contributed by atoms with Crippen LogP contribution in [0, 0.1) is 18.3 Å². The average Bonchev–Trinajstić information content (AvgIpc) is 2.54. The molecule has 0 radical (unpaired) electrons. The normalized spacial score (nSPS) is 12.4. The summed E-state index contributed by atoms with van der Waals surface area (Å²) in [6.07, 6.45) is 2.11. The van der Waals surface area contributed by atoms with E-state index in [0.29, 0.717) is 6.04 Å². The number of nitrogens with zero attached hydrogens (tertiary/aromatic N) is 2. The first-order valence-corrected chi connectivity index (χ1v) is 6.77. The molecule has 16 heavy (non-hydrogen) atoms. The standard InChI is InChI=1S/C12H19N3S/c1-9(8-16-4)14-7-11-5-12(6-13)15(3)10(11)2/h5,9,14H,7-8H2,1-4H3. The molecular weight excluding hydrogens is 218 g/mol. The molecule has 3 nitrogen and oxygen atoms in total. The van der Waals surface area contributed by atoms with Crippen LogP contribution in [0.1, 0.15) is 23.9 Å². The van der Waals surface area contributed by atoms with E-state index in [2.05, 4.69) is 31.5 Å². The zero-order valence-corrected chi connectivity index (χ0v) is 11.2. The molecule has 4 heteroatoms. The van der Waals surface area contributed by atoms with E-state index in [1.54, 1.807) is 0 Å². The Balaban J connectivity index is 2.65. The molecule has 0 aromatic carbocycles. The molecular formula is C12H19N3S. The van der Waals surface area contributed by atoms with Crippen molar-refractivity contribution in [1.82, 2.24) is 9.88 Å². The molecule has 0 saturated carbocycles. The molecule has 1 unspecified atom stereocenters. The zero-order chi connectivity index (χ0) is 12.1. The Hall–Kier alpha value is -0.920. The third-order valence-electron chi connectivity index (χ3n) is 2.81. The Kier molecular flexibility index (Phi) is 4.91. The van der Waals surface area contributed by atoms with Crippen molar-refractivity contribution in [2.45, 2.75) is 26.4 Å². The van der Waals surface area contributed by atoms with Gasteiger partial charge in [0.15, 0.2) is 0 Å². The molecule has 1 aromatic heterocycles. The smallest absolute Gasteiger partial charge is 0.120 e. The molecule has 0 spiro atoms. The number of thioether (sulfide) groups is 1. The monoisotopic (exact) mass is 237 g/mol. The number of aromatic nitrogens is 1. The van der Waals surface area contributed by atoms with Gasteiger partial charge < -0.3 is 9.88 Å². The second kappa shape index (κ2) is 5.97. The van der Waals surface area contributed by atoms with Crippen LogP contribution >= 0.6 is 11.8 Å². The molecule has 1 rings (SSSR count). The fourth-order valence-electron chi connectivity index (χ4n) is 1.64. The van der Waals surface area contributed by atoms with Crippen molar-refractivity contribution in [3.05, 3.63) is 23.0 Å². The molecule has 1 atom stereocenters. The second-order valence-corrected chi connectivity index (χ2v) is 4.96. The van der Waals surface area contributed by atoms with Crippen LogP contribution in [0.25, 0.3) is 0 Å². The SMILES string of the molecule is CSCC(C)NCc1cc(C#N)n(C)c1C. The third-order valence-corrected chi connectivity index (χ3v) is 3.65. The van der Waals surface area contributed by atoms with Crippen LogP contribution < -0.4 is 5.32 Å². The van der Waals surface area contributed by atoms with E-state index in [1.165, 1.54) is 11.3 Å². The lowest BCUT2D eigenvalue weighted by Crippen LogP contribution is -2.27. The largest absolute Gasteiger partial charge is 0.340 e. The Bertz CT molecular complexity index is 390. The first-order chi connectivity index (χ1) is 7.60. The van der Waals surface area contributed by atoms with Crippen molar-refractivity contribution in [2.75, 3.05) is 12.0 Å². The van der Waals surface area contributed by atoms with Crippen LogP contribution in [0.15, 0.2) is 6.07 Å². The van der Waals surface area contributed by atoms with Gasteiger partial charge in [-0.05, 0) is 31.7 Å². The Labute approximate surface area is 102 Å². The van der Waals surface area contributed by atoms with Crippen LogP contribution in [-0.4, -0.2) is 22.6 Å². The van der Waals surface area contributed by atoms with E-state index < -0.39 is 0 Å². The van der Waals surface area contributed by atoms with Gasteiger partial charge in [-0.1, -0.05) is 0 Å². The minimum Gasteiger partial charge on any atom is -0.340 e. The van der Waals surface area contributed by atoms with Crippen molar-refractivity contribution in [3.8, 4) is 6.07 Å². The maximum absolute atomic E-state index is 8.92. The van der Waals surface area contributed by atoms with Crippen LogP contribution in [0.2, 0.25) is 0 Å². The number of hydrogen-bond acceptors (Lipinski definition) is 3. The first-order valence-electron chi connectivity index (χ1n) is 5.37. The summed E-state index contributed by atoms with van der Waals surface area (Å²) in [5.74, 6) is 1.11. The van der Waals surface area contributed by atoms with Gasteiger partial charge in [-0.2, -0.15) is 17.0 Å². The number of nitrogens with one attached hydrogen (secondary N) is 1. The number of nitriles is 1. The lowest BCUT2D eigenvalue weighted by Gasteiger charge is -2.12. The summed E-state index contributed by atoms with van der Waals surface area (Å²) in [5, 5.41) is 12.4. The minimum atomic E-state index is 0.500. The molecule has 0 aliphatic rings. The number of rotatable bonds is 5. The summed E-state index contributed by atoms with van der Waals surface area (Å²) >= 11 is 1.84. The highest BCUT2D eigenvalue weighted by Crippen LogP contribution is 2.13. The molecule has 1 N–H and O–H groups in total. The topological polar surface area (TPSA) is 40.8 Å². The number of hydrogen-bond donors (Lipinski definition) is 1. The van der Waals surface area contributed by atoms with Crippen molar-refractivity contribution >= 4 is 11.8 Å². The predicted molar refractivity (Wildman–Crippen MR) is 69.5 cm³/mol. The molecule has 0 fully saturated rings. The maximum Gasteiger partial charge on any atom is 0.120 e.